The van der Waals surface area contributed by atoms with Crippen molar-refractivity contribution < 1.29 is 4.74 Å². The highest BCUT2D eigenvalue weighted by atomic mass is 16.5. The molecule has 0 aliphatic carbocycles. The minimum atomic E-state index is -0.0407. The fraction of sp³-hybridized carbons (Fsp3) is 1.00. The van der Waals surface area contributed by atoms with Crippen LogP contribution >= 0.6 is 0 Å². The molecule has 3 nitrogen and oxygen atoms in total. The van der Waals surface area contributed by atoms with E-state index in [1.54, 1.807) is 0 Å². The van der Waals surface area contributed by atoms with Crippen LogP contribution in [0.2, 0.25) is 0 Å². The third kappa shape index (κ3) is 1.91. The van der Waals surface area contributed by atoms with Gasteiger partial charge in [-0.3, -0.25) is 10.2 Å². The summed E-state index contributed by atoms with van der Waals surface area (Å²) in [6, 6.07) is 0. The summed E-state index contributed by atoms with van der Waals surface area (Å²) in [5.41, 5.74) is 0.201. The summed E-state index contributed by atoms with van der Waals surface area (Å²) in [7, 11) is 0. The van der Waals surface area contributed by atoms with E-state index >= 15 is 0 Å². The van der Waals surface area contributed by atoms with Gasteiger partial charge < -0.3 is 4.74 Å². The zero-order chi connectivity index (χ0) is 13.0. The highest BCUT2D eigenvalue weighted by Crippen LogP contribution is 2.44. The number of fused-ring (bicyclic) bond motifs is 2. The van der Waals surface area contributed by atoms with Crippen molar-refractivity contribution in [2.45, 2.75) is 52.4 Å². The molecule has 104 valence electrons. The SMILES string of the molecule is CC(C)C1OC2(CN3CCC2CC3)NCC1(C)C. The van der Waals surface area contributed by atoms with Crippen molar-refractivity contribution in [3.8, 4) is 0 Å². The van der Waals surface area contributed by atoms with Gasteiger partial charge in [0.1, 0.15) is 5.72 Å². The monoisotopic (exact) mass is 252 g/mol. The molecule has 0 aromatic rings. The van der Waals surface area contributed by atoms with Crippen molar-refractivity contribution in [2.24, 2.45) is 17.3 Å². The molecule has 1 N–H and O–H groups in total. The number of piperidine rings is 3. The Labute approximate surface area is 111 Å². The Morgan fingerprint density at radius 3 is 2.39 bits per heavy atom. The van der Waals surface area contributed by atoms with E-state index in [9.17, 15) is 0 Å². The third-order valence-corrected chi connectivity index (χ3v) is 5.26. The van der Waals surface area contributed by atoms with Crippen LogP contribution in [0.5, 0.6) is 0 Å². The largest absolute Gasteiger partial charge is 0.355 e. The third-order valence-electron chi connectivity index (χ3n) is 5.26. The number of hydrogen-bond donors (Lipinski definition) is 1. The summed E-state index contributed by atoms with van der Waals surface area (Å²) in [6.45, 7) is 14.0. The lowest BCUT2D eigenvalue weighted by Gasteiger charge is -2.59. The summed E-state index contributed by atoms with van der Waals surface area (Å²) in [6.07, 6.45) is 2.98. The Morgan fingerprint density at radius 2 is 1.89 bits per heavy atom. The lowest BCUT2D eigenvalue weighted by molar-refractivity contribution is -0.256. The Balaban J connectivity index is 1.83. The van der Waals surface area contributed by atoms with Crippen LogP contribution in [0.15, 0.2) is 0 Å². The van der Waals surface area contributed by atoms with Crippen LogP contribution in [-0.4, -0.2) is 42.9 Å². The van der Waals surface area contributed by atoms with E-state index in [0.717, 1.165) is 19.0 Å². The quantitative estimate of drug-likeness (QED) is 0.773. The molecule has 2 atom stereocenters. The van der Waals surface area contributed by atoms with Gasteiger partial charge in [0.15, 0.2) is 0 Å². The van der Waals surface area contributed by atoms with Crippen molar-refractivity contribution in [2.75, 3.05) is 26.2 Å². The first-order valence-electron chi connectivity index (χ1n) is 7.58. The number of rotatable bonds is 1. The van der Waals surface area contributed by atoms with Gasteiger partial charge in [-0.1, -0.05) is 27.7 Å². The molecule has 4 saturated heterocycles. The smallest absolute Gasteiger partial charge is 0.135 e. The second-order valence-electron chi connectivity index (χ2n) is 7.56. The molecular weight excluding hydrogens is 224 g/mol. The lowest BCUT2D eigenvalue weighted by Crippen LogP contribution is -2.73. The van der Waals surface area contributed by atoms with Gasteiger partial charge in [-0.2, -0.15) is 0 Å². The van der Waals surface area contributed by atoms with Crippen LogP contribution in [0.3, 0.4) is 0 Å². The standard InChI is InChI=1S/C15H28N2O/c1-11(2)13-14(3,4)9-16-15(18-13)10-17-7-5-12(15)6-8-17/h11-13,16H,5-10H2,1-4H3. The first-order chi connectivity index (χ1) is 8.43. The maximum absolute atomic E-state index is 6.67. The van der Waals surface area contributed by atoms with Gasteiger partial charge in [-0.25, -0.2) is 0 Å². The van der Waals surface area contributed by atoms with E-state index in [4.69, 9.17) is 4.74 Å². The first kappa shape index (κ1) is 12.9. The van der Waals surface area contributed by atoms with Crippen molar-refractivity contribution in [1.82, 2.24) is 10.2 Å². The van der Waals surface area contributed by atoms with E-state index in [0.29, 0.717) is 12.0 Å². The average Bonchev–Trinajstić information content (AvgIpc) is 2.34. The molecule has 3 heteroatoms. The van der Waals surface area contributed by atoms with Gasteiger partial charge >= 0.3 is 0 Å². The molecule has 4 rings (SSSR count). The molecule has 4 fully saturated rings. The zero-order valence-corrected chi connectivity index (χ0v) is 12.3. The van der Waals surface area contributed by atoms with E-state index < -0.39 is 0 Å². The van der Waals surface area contributed by atoms with Crippen molar-refractivity contribution >= 4 is 0 Å². The fourth-order valence-corrected chi connectivity index (χ4v) is 4.30. The highest BCUT2D eigenvalue weighted by molar-refractivity contribution is 5.03. The van der Waals surface area contributed by atoms with Gasteiger partial charge in [0.05, 0.1) is 6.10 Å². The summed E-state index contributed by atoms with van der Waals surface area (Å²) in [4.78, 5) is 2.57. The lowest BCUT2D eigenvalue weighted by atomic mass is 9.74. The van der Waals surface area contributed by atoms with Gasteiger partial charge in [0.25, 0.3) is 0 Å². The second-order valence-corrected chi connectivity index (χ2v) is 7.56. The molecule has 4 heterocycles. The summed E-state index contributed by atoms with van der Waals surface area (Å²) >= 11 is 0. The summed E-state index contributed by atoms with van der Waals surface area (Å²) in [5, 5.41) is 3.78. The molecule has 0 aromatic carbocycles. The van der Waals surface area contributed by atoms with Crippen LogP contribution in [0.1, 0.15) is 40.5 Å². The fourth-order valence-electron chi connectivity index (χ4n) is 4.30. The Hall–Kier alpha value is -0.120. The minimum absolute atomic E-state index is 0.0407. The van der Waals surface area contributed by atoms with E-state index in [-0.39, 0.29) is 11.1 Å². The number of nitrogens with zero attached hydrogens (tertiary/aromatic N) is 1. The van der Waals surface area contributed by atoms with Crippen LogP contribution < -0.4 is 5.32 Å². The van der Waals surface area contributed by atoms with Crippen molar-refractivity contribution in [3.05, 3.63) is 0 Å². The molecule has 4 aliphatic rings. The van der Waals surface area contributed by atoms with Crippen LogP contribution in [0.25, 0.3) is 0 Å². The molecule has 18 heavy (non-hydrogen) atoms. The minimum Gasteiger partial charge on any atom is -0.355 e. The van der Waals surface area contributed by atoms with E-state index in [1.807, 2.05) is 0 Å². The molecule has 2 unspecified atom stereocenters. The molecule has 2 bridgehead atoms. The van der Waals surface area contributed by atoms with Crippen LogP contribution in [-0.2, 0) is 4.74 Å². The Morgan fingerprint density at radius 1 is 1.22 bits per heavy atom. The van der Waals surface area contributed by atoms with Crippen LogP contribution in [0, 0.1) is 17.3 Å². The molecule has 0 saturated carbocycles. The summed E-state index contributed by atoms with van der Waals surface area (Å²) in [5.74, 6) is 1.31. The maximum atomic E-state index is 6.67. The molecule has 4 aliphatic heterocycles. The predicted molar refractivity (Wildman–Crippen MR) is 73.4 cm³/mol. The number of ether oxygens (including phenoxy) is 1. The van der Waals surface area contributed by atoms with Crippen molar-refractivity contribution in [3.63, 3.8) is 0 Å². The van der Waals surface area contributed by atoms with E-state index in [1.165, 1.54) is 25.9 Å². The molecule has 1 spiro atoms. The normalized spacial score (nSPS) is 46.8. The molecule has 0 amide bonds. The predicted octanol–water partition coefficient (Wildman–Crippen LogP) is 2.08. The first-order valence-corrected chi connectivity index (χ1v) is 7.58. The van der Waals surface area contributed by atoms with Gasteiger partial charge in [0.2, 0.25) is 0 Å². The Bertz CT molecular complexity index is 320. The van der Waals surface area contributed by atoms with Gasteiger partial charge in [0, 0.05) is 24.4 Å². The molecular formula is C15H28N2O. The summed E-state index contributed by atoms with van der Waals surface area (Å²) < 4.78 is 6.67. The molecule has 0 radical (unpaired) electrons. The Kier molecular flexibility index (Phi) is 3.00. The highest BCUT2D eigenvalue weighted by Gasteiger charge is 2.54. The second kappa shape index (κ2) is 4.19. The van der Waals surface area contributed by atoms with Crippen LogP contribution in [0.4, 0.5) is 0 Å². The van der Waals surface area contributed by atoms with E-state index in [2.05, 4.69) is 37.9 Å². The maximum Gasteiger partial charge on any atom is 0.135 e. The van der Waals surface area contributed by atoms with Crippen molar-refractivity contribution in [1.29, 1.82) is 0 Å². The van der Waals surface area contributed by atoms with Gasteiger partial charge in [-0.15, -0.1) is 0 Å². The average molecular weight is 252 g/mol. The number of nitrogens with one attached hydrogen (secondary N) is 1. The zero-order valence-electron chi connectivity index (χ0n) is 12.3. The molecule has 0 aromatic heterocycles. The number of hydrogen-bond acceptors (Lipinski definition) is 3. The van der Waals surface area contributed by atoms with Gasteiger partial charge in [-0.05, 0) is 31.8 Å². The topological polar surface area (TPSA) is 24.5 Å².